The number of anilines is 1. The molecule has 0 aromatic heterocycles. The van der Waals surface area contributed by atoms with Gasteiger partial charge in [-0.15, -0.1) is 0 Å². The molecule has 2 rings (SSSR count). The number of nitrogens with zero attached hydrogens (tertiary/aromatic N) is 1. The standard InChI is InChI=1S/C20H15Cl2IN2O5/c1-2-29-16-8-11(7-14(23)19(16)30-10-17(26)27)6-12(9-24)20(28)25-15-5-3-4-13(21)18(15)22/h3-8H,2,10H2,1H3,(H,25,28)(H,26,27)/b12-6-. The highest BCUT2D eigenvalue weighted by Gasteiger charge is 2.16. The van der Waals surface area contributed by atoms with Crippen LogP contribution < -0.4 is 14.8 Å². The van der Waals surface area contributed by atoms with E-state index in [0.29, 0.717) is 21.5 Å². The van der Waals surface area contributed by atoms with Gasteiger partial charge in [0.15, 0.2) is 18.1 Å². The molecule has 2 aromatic rings. The van der Waals surface area contributed by atoms with Crippen molar-refractivity contribution in [3.63, 3.8) is 0 Å². The molecule has 0 radical (unpaired) electrons. The van der Waals surface area contributed by atoms with Gasteiger partial charge in [-0.2, -0.15) is 5.26 Å². The van der Waals surface area contributed by atoms with E-state index in [2.05, 4.69) is 5.32 Å². The first kappa shape index (κ1) is 23.8. The van der Waals surface area contributed by atoms with Crippen LogP contribution >= 0.6 is 45.8 Å². The molecule has 0 saturated carbocycles. The molecule has 10 heteroatoms. The van der Waals surface area contributed by atoms with Crippen LogP contribution in [-0.2, 0) is 9.59 Å². The lowest BCUT2D eigenvalue weighted by Crippen LogP contribution is -2.14. The highest BCUT2D eigenvalue weighted by Crippen LogP contribution is 2.35. The Hall–Kier alpha value is -2.48. The maximum Gasteiger partial charge on any atom is 0.341 e. The predicted molar refractivity (Wildman–Crippen MR) is 122 cm³/mol. The van der Waals surface area contributed by atoms with Crippen molar-refractivity contribution >= 4 is 69.4 Å². The molecular formula is C20H15Cl2IN2O5. The van der Waals surface area contributed by atoms with Crippen LogP contribution in [0.1, 0.15) is 12.5 Å². The zero-order valence-electron chi connectivity index (χ0n) is 15.5. The van der Waals surface area contributed by atoms with Gasteiger partial charge in [-0.1, -0.05) is 29.3 Å². The highest BCUT2D eigenvalue weighted by molar-refractivity contribution is 14.1. The van der Waals surface area contributed by atoms with E-state index < -0.39 is 18.5 Å². The number of nitriles is 1. The minimum absolute atomic E-state index is 0.165. The summed E-state index contributed by atoms with van der Waals surface area (Å²) < 4.78 is 11.4. The second-order valence-corrected chi connectivity index (χ2v) is 7.62. The molecule has 0 aliphatic heterocycles. The molecule has 156 valence electrons. The summed E-state index contributed by atoms with van der Waals surface area (Å²) in [6, 6.07) is 9.80. The lowest BCUT2D eigenvalue weighted by atomic mass is 10.1. The van der Waals surface area contributed by atoms with Gasteiger partial charge >= 0.3 is 5.97 Å². The Kier molecular flexibility index (Phi) is 8.77. The Morgan fingerprint density at radius 3 is 2.67 bits per heavy atom. The quantitative estimate of drug-likeness (QED) is 0.267. The van der Waals surface area contributed by atoms with Crippen LogP contribution in [0.5, 0.6) is 11.5 Å². The van der Waals surface area contributed by atoms with Crippen molar-refractivity contribution in [3.05, 3.63) is 55.1 Å². The maximum absolute atomic E-state index is 12.5. The molecule has 0 aliphatic carbocycles. The molecule has 0 saturated heterocycles. The van der Waals surface area contributed by atoms with Gasteiger partial charge in [0.1, 0.15) is 11.6 Å². The monoisotopic (exact) mass is 560 g/mol. The number of carboxylic acids is 1. The van der Waals surface area contributed by atoms with Crippen LogP contribution in [-0.4, -0.2) is 30.2 Å². The summed E-state index contributed by atoms with van der Waals surface area (Å²) in [6.45, 7) is 1.54. The van der Waals surface area contributed by atoms with Crippen LogP contribution in [0.25, 0.3) is 6.08 Å². The summed E-state index contributed by atoms with van der Waals surface area (Å²) in [6.07, 6.45) is 1.37. The summed E-state index contributed by atoms with van der Waals surface area (Å²) in [4.78, 5) is 23.3. The van der Waals surface area contributed by atoms with Gasteiger partial charge in [0.05, 0.1) is 25.9 Å². The van der Waals surface area contributed by atoms with Crippen molar-refractivity contribution in [1.82, 2.24) is 0 Å². The molecule has 0 aliphatic rings. The zero-order valence-corrected chi connectivity index (χ0v) is 19.2. The van der Waals surface area contributed by atoms with E-state index in [1.54, 1.807) is 37.3 Å². The molecule has 0 atom stereocenters. The number of nitrogens with one attached hydrogen (secondary N) is 1. The SMILES string of the molecule is CCOc1cc(/C=C(/C#N)C(=O)Nc2cccc(Cl)c2Cl)cc(I)c1OCC(=O)O. The Morgan fingerprint density at radius 2 is 2.03 bits per heavy atom. The molecule has 2 N–H and O–H groups in total. The third-order valence-electron chi connectivity index (χ3n) is 3.55. The number of carbonyl (C=O) groups is 2. The normalized spacial score (nSPS) is 10.8. The molecule has 0 heterocycles. The number of carbonyl (C=O) groups excluding carboxylic acids is 1. The van der Waals surface area contributed by atoms with Crippen molar-refractivity contribution in [2.45, 2.75) is 6.92 Å². The summed E-state index contributed by atoms with van der Waals surface area (Å²) in [5.41, 5.74) is 0.593. The van der Waals surface area contributed by atoms with Gasteiger partial charge in [-0.25, -0.2) is 4.79 Å². The Bertz CT molecular complexity index is 1050. The van der Waals surface area contributed by atoms with Crippen molar-refractivity contribution in [2.75, 3.05) is 18.5 Å². The molecule has 0 bridgehead atoms. The first-order valence-corrected chi connectivity index (χ1v) is 10.3. The van der Waals surface area contributed by atoms with E-state index in [1.165, 1.54) is 6.08 Å². The van der Waals surface area contributed by atoms with E-state index >= 15 is 0 Å². The number of hydrogen-bond acceptors (Lipinski definition) is 5. The Morgan fingerprint density at radius 1 is 1.30 bits per heavy atom. The fourth-order valence-electron chi connectivity index (χ4n) is 2.31. The zero-order chi connectivity index (χ0) is 22.3. The summed E-state index contributed by atoms with van der Waals surface area (Å²) >= 11 is 14.0. The van der Waals surface area contributed by atoms with Gasteiger partial charge in [-0.3, -0.25) is 4.79 Å². The average Bonchev–Trinajstić information content (AvgIpc) is 2.69. The third-order valence-corrected chi connectivity index (χ3v) is 5.17. The van der Waals surface area contributed by atoms with Crippen LogP contribution in [0.4, 0.5) is 5.69 Å². The van der Waals surface area contributed by atoms with Gasteiger partial charge < -0.3 is 19.9 Å². The molecule has 0 spiro atoms. The Balaban J connectivity index is 2.36. The second-order valence-electron chi connectivity index (χ2n) is 5.67. The number of amides is 1. The van der Waals surface area contributed by atoms with Crippen molar-refractivity contribution in [2.24, 2.45) is 0 Å². The lowest BCUT2D eigenvalue weighted by molar-refractivity contribution is -0.139. The van der Waals surface area contributed by atoms with Crippen LogP contribution in [0.3, 0.4) is 0 Å². The maximum atomic E-state index is 12.5. The molecule has 0 fully saturated rings. The van der Waals surface area contributed by atoms with Crippen molar-refractivity contribution < 1.29 is 24.2 Å². The van der Waals surface area contributed by atoms with E-state index in [4.69, 9.17) is 37.8 Å². The topological polar surface area (TPSA) is 109 Å². The van der Waals surface area contributed by atoms with Gasteiger partial charge in [0.25, 0.3) is 5.91 Å². The number of rotatable bonds is 8. The minimum Gasteiger partial charge on any atom is -0.490 e. The van der Waals surface area contributed by atoms with Gasteiger partial charge in [-0.05, 0) is 65.4 Å². The van der Waals surface area contributed by atoms with E-state index in [0.717, 1.165) is 0 Å². The molecule has 1 amide bonds. The predicted octanol–water partition coefficient (Wildman–Crippen LogP) is 5.01. The smallest absolute Gasteiger partial charge is 0.341 e. The highest BCUT2D eigenvalue weighted by atomic mass is 127. The number of ether oxygens (including phenoxy) is 2. The van der Waals surface area contributed by atoms with E-state index in [9.17, 15) is 14.9 Å². The molecule has 30 heavy (non-hydrogen) atoms. The Labute approximate surface area is 196 Å². The lowest BCUT2D eigenvalue weighted by Gasteiger charge is -2.14. The fraction of sp³-hybridized carbons (Fsp3) is 0.150. The third kappa shape index (κ3) is 6.26. The van der Waals surface area contributed by atoms with Crippen molar-refractivity contribution in [1.29, 1.82) is 5.26 Å². The van der Waals surface area contributed by atoms with E-state index in [-0.39, 0.29) is 27.1 Å². The average molecular weight is 561 g/mol. The number of carboxylic acid groups (broad SMARTS) is 1. The largest absolute Gasteiger partial charge is 0.490 e. The van der Waals surface area contributed by atoms with Crippen molar-refractivity contribution in [3.8, 4) is 17.6 Å². The molecular weight excluding hydrogens is 546 g/mol. The van der Waals surface area contributed by atoms with Crippen LogP contribution in [0, 0.1) is 14.9 Å². The summed E-state index contributed by atoms with van der Waals surface area (Å²) in [7, 11) is 0. The minimum atomic E-state index is -1.12. The van der Waals surface area contributed by atoms with E-state index in [1.807, 2.05) is 28.7 Å². The second kappa shape index (κ2) is 11.1. The number of hydrogen-bond donors (Lipinski definition) is 2. The van der Waals surface area contributed by atoms with Gasteiger partial charge in [0.2, 0.25) is 0 Å². The summed E-state index contributed by atoms with van der Waals surface area (Å²) in [5, 5.41) is 21.3. The summed E-state index contributed by atoms with van der Waals surface area (Å²) in [5.74, 6) is -1.22. The van der Waals surface area contributed by atoms with Gasteiger partial charge in [0, 0.05) is 0 Å². The molecule has 0 unspecified atom stereocenters. The fourth-order valence-corrected chi connectivity index (χ4v) is 3.44. The molecule has 2 aromatic carbocycles. The first-order valence-electron chi connectivity index (χ1n) is 8.44. The number of benzene rings is 2. The van der Waals surface area contributed by atoms with Crippen LogP contribution in [0.2, 0.25) is 10.0 Å². The first-order chi connectivity index (χ1) is 14.3. The number of aliphatic carboxylic acids is 1. The number of halogens is 3. The van der Waals surface area contributed by atoms with Crippen LogP contribution in [0.15, 0.2) is 35.9 Å². The molecule has 7 nitrogen and oxygen atoms in total.